The maximum absolute atomic E-state index is 10.1. The zero-order chi connectivity index (χ0) is 12.6. The van der Waals surface area contributed by atoms with Gasteiger partial charge in [0.2, 0.25) is 0 Å². The standard InChI is InChI=1S/C11H22O2.C2H6O.H3N/c1-2-3-4-5-6-7-8-9-10-11(12)13;1-2-3;/h2-10H2,1H3,(H,12,13);3H,2H2,1H3;1H3. The van der Waals surface area contributed by atoms with Crippen molar-refractivity contribution in [3.8, 4) is 0 Å². The van der Waals surface area contributed by atoms with E-state index in [9.17, 15) is 9.90 Å². The molecule has 0 aromatic rings. The minimum Gasteiger partial charge on any atom is -0.550 e. The molecule has 0 radical (unpaired) electrons. The molecule has 17 heavy (non-hydrogen) atoms. The molecule has 0 aliphatic carbocycles. The first-order valence-electron chi connectivity index (χ1n) is 6.49. The number of carboxylic acid groups (broad SMARTS) is 1. The second-order valence-corrected chi connectivity index (χ2v) is 3.91. The Hall–Kier alpha value is -0.610. The molecular weight excluding hydrogens is 218 g/mol. The SMILES string of the molecule is CCCCCCCCCCC(=O)[O-].CCO.[NH4+]. The summed E-state index contributed by atoms with van der Waals surface area (Å²) in [5.74, 6) is -0.911. The summed E-state index contributed by atoms with van der Waals surface area (Å²) >= 11 is 0. The molecule has 0 aliphatic rings. The van der Waals surface area contributed by atoms with Gasteiger partial charge in [-0.25, -0.2) is 0 Å². The second-order valence-electron chi connectivity index (χ2n) is 3.91. The molecule has 0 aromatic heterocycles. The van der Waals surface area contributed by atoms with E-state index in [1.165, 1.54) is 38.5 Å². The summed E-state index contributed by atoms with van der Waals surface area (Å²) in [5, 5.41) is 17.6. The highest BCUT2D eigenvalue weighted by atomic mass is 16.4. The lowest BCUT2D eigenvalue weighted by molar-refractivity contribution is -0.305. The van der Waals surface area contributed by atoms with Crippen LogP contribution in [0.4, 0.5) is 0 Å². The summed E-state index contributed by atoms with van der Waals surface area (Å²) < 4.78 is 0. The molecule has 0 aromatic carbocycles. The molecule has 0 bridgehead atoms. The fourth-order valence-corrected chi connectivity index (χ4v) is 1.40. The van der Waals surface area contributed by atoms with Crippen molar-refractivity contribution >= 4 is 5.97 Å². The molecule has 0 heterocycles. The Morgan fingerprint density at radius 1 is 0.941 bits per heavy atom. The van der Waals surface area contributed by atoms with E-state index in [-0.39, 0.29) is 19.2 Å². The van der Waals surface area contributed by atoms with Crippen LogP contribution in [0.1, 0.15) is 71.6 Å². The zero-order valence-corrected chi connectivity index (χ0v) is 11.8. The van der Waals surface area contributed by atoms with Crippen LogP contribution < -0.4 is 11.3 Å². The van der Waals surface area contributed by atoms with Gasteiger partial charge >= 0.3 is 0 Å². The Kier molecular flexibility index (Phi) is 26.4. The molecule has 0 unspecified atom stereocenters. The first-order chi connectivity index (χ1) is 7.68. The van der Waals surface area contributed by atoms with E-state index < -0.39 is 5.97 Å². The number of carboxylic acids is 1. The third-order valence-corrected chi connectivity index (χ3v) is 2.23. The average molecular weight is 249 g/mol. The number of aliphatic hydroxyl groups excluding tert-OH is 1. The van der Waals surface area contributed by atoms with Crippen LogP contribution in [0.15, 0.2) is 0 Å². The van der Waals surface area contributed by atoms with E-state index in [0.717, 1.165) is 12.8 Å². The fraction of sp³-hybridized carbons (Fsp3) is 0.923. The number of quaternary nitrogens is 1. The van der Waals surface area contributed by atoms with Crippen molar-refractivity contribution in [3.05, 3.63) is 0 Å². The van der Waals surface area contributed by atoms with Crippen molar-refractivity contribution in [3.63, 3.8) is 0 Å². The Balaban J connectivity index is -0.000000440. The topological polar surface area (TPSA) is 96.9 Å². The molecule has 0 fully saturated rings. The summed E-state index contributed by atoms with van der Waals surface area (Å²) in [4.78, 5) is 10.1. The Bertz CT molecular complexity index is 141. The van der Waals surface area contributed by atoms with Gasteiger partial charge in [0, 0.05) is 12.6 Å². The quantitative estimate of drug-likeness (QED) is 0.615. The monoisotopic (exact) mass is 249 g/mol. The predicted molar refractivity (Wildman–Crippen MR) is 71.0 cm³/mol. The molecule has 0 amide bonds. The van der Waals surface area contributed by atoms with Crippen molar-refractivity contribution in [2.24, 2.45) is 0 Å². The van der Waals surface area contributed by atoms with E-state index in [1.807, 2.05) is 0 Å². The normalized spacial score (nSPS) is 8.88. The van der Waals surface area contributed by atoms with Crippen molar-refractivity contribution in [2.45, 2.75) is 71.6 Å². The smallest absolute Gasteiger partial charge is 0.0414 e. The Morgan fingerprint density at radius 3 is 1.65 bits per heavy atom. The van der Waals surface area contributed by atoms with Crippen molar-refractivity contribution in [1.82, 2.24) is 6.15 Å². The highest BCUT2D eigenvalue weighted by Crippen LogP contribution is 2.08. The number of carbonyl (C=O) groups excluding carboxylic acids is 1. The number of unbranched alkanes of at least 4 members (excludes halogenated alkanes) is 7. The summed E-state index contributed by atoms with van der Waals surface area (Å²) in [7, 11) is 0. The number of rotatable bonds is 9. The van der Waals surface area contributed by atoms with Crippen LogP contribution in [0.3, 0.4) is 0 Å². The highest BCUT2D eigenvalue weighted by Gasteiger charge is 1.91. The van der Waals surface area contributed by atoms with Gasteiger partial charge < -0.3 is 21.2 Å². The molecular formula is C13H31NO3. The maximum Gasteiger partial charge on any atom is 0.0414 e. The predicted octanol–water partition coefficient (Wildman–Crippen LogP) is 2.64. The van der Waals surface area contributed by atoms with Crippen LogP contribution in [0, 0.1) is 0 Å². The Morgan fingerprint density at radius 2 is 1.29 bits per heavy atom. The average Bonchev–Trinajstić information content (AvgIpc) is 2.23. The Labute approximate surface area is 106 Å². The number of hydrogen-bond acceptors (Lipinski definition) is 3. The molecule has 0 saturated carbocycles. The molecule has 4 nitrogen and oxygen atoms in total. The summed E-state index contributed by atoms with van der Waals surface area (Å²) in [6.45, 7) is 4.14. The van der Waals surface area contributed by atoms with Crippen LogP contribution in [-0.2, 0) is 4.79 Å². The van der Waals surface area contributed by atoms with E-state index in [0.29, 0.717) is 0 Å². The minimum atomic E-state index is -0.911. The van der Waals surface area contributed by atoms with E-state index >= 15 is 0 Å². The fourth-order valence-electron chi connectivity index (χ4n) is 1.40. The lowest BCUT2D eigenvalue weighted by Gasteiger charge is -2.02. The number of hydrogen-bond donors (Lipinski definition) is 2. The summed E-state index contributed by atoms with van der Waals surface area (Å²) in [6, 6.07) is 0. The third-order valence-electron chi connectivity index (χ3n) is 2.23. The number of aliphatic carboxylic acids is 1. The maximum atomic E-state index is 10.1. The number of carbonyl (C=O) groups is 1. The second kappa shape index (κ2) is 20.8. The van der Waals surface area contributed by atoms with Gasteiger partial charge in [-0.1, -0.05) is 51.9 Å². The molecule has 0 atom stereocenters. The van der Waals surface area contributed by atoms with Gasteiger partial charge in [-0.15, -0.1) is 0 Å². The van der Waals surface area contributed by atoms with Crippen LogP contribution in [0.2, 0.25) is 0 Å². The van der Waals surface area contributed by atoms with Crippen molar-refractivity contribution in [2.75, 3.05) is 6.61 Å². The number of aliphatic hydroxyl groups is 1. The molecule has 0 rings (SSSR count). The van der Waals surface area contributed by atoms with Gasteiger partial charge in [-0.2, -0.15) is 0 Å². The first kappa shape index (κ1) is 21.7. The van der Waals surface area contributed by atoms with Crippen molar-refractivity contribution in [1.29, 1.82) is 0 Å². The lowest BCUT2D eigenvalue weighted by Crippen LogP contribution is -2.21. The van der Waals surface area contributed by atoms with Gasteiger partial charge in [0.1, 0.15) is 0 Å². The third kappa shape index (κ3) is 31.3. The van der Waals surface area contributed by atoms with Crippen LogP contribution >= 0.6 is 0 Å². The molecule has 0 aliphatic heterocycles. The van der Waals surface area contributed by atoms with E-state index in [1.54, 1.807) is 6.92 Å². The van der Waals surface area contributed by atoms with Gasteiger partial charge in [0.25, 0.3) is 0 Å². The van der Waals surface area contributed by atoms with Gasteiger partial charge in [0.05, 0.1) is 0 Å². The largest absolute Gasteiger partial charge is 0.550 e. The van der Waals surface area contributed by atoms with Crippen LogP contribution in [-0.4, -0.2) is 17.7 Å². The van der Waals surface area contributed by atoms with E-state index in [4.69, 9.17) is 5.11 Å². The van der Waals surface area contributed by atoms with Crippen molar-refractivity contribution < 1.29 is 15.0 Å². The molecule has 0 saturated heterocycles. The van der Waals surface area contributed by atoms with Crippen LogP contribution in [0.5, 0.6) is 0 Å². The summed E-state index contributed by atoms with van der Waals surface area (Å²) in [5.41, 5.74) is 0. The van der Waals surface area contributed by atoms with Gasteiger partial charge in [-0.3, -0.25) is 0 Å². The van der Waals surface area contributed by atoms with Crippen LogP contribution in [0.25, 0.3) is 0 Å². The minimum absolute atomic E-state index is 0. The molecule has 106 valence electrons. The molecule has 0 spiro atoms. The molecule has 4 heteroatoms. The zero-order valence-electron chi connectivity index (χ0n) is 11.8. The first-order valence-corrected chi connectivity index (χ1v) is 6.49. The lowest BCUT2D eigenvalue weighted by atomic mass is 10.1. The summed E-state index contributed by atoms with van der Waals surface area (Å²) in [6.07, 6.45) is 9.75. The molecule has 5 N–H and O–H groups in total. The van der Waals surface area contributed by atoms with Gasteiger partial charge in [0.15, 0.2) is 0 Å². The van der Waals surface area contributed by atoms with Gasteiger partial charge in [-0.05, 0) is 19.8 Å². The van der Waals surface area contributed by atoms with E-state index in [2.05, 4.69) is 6.92 Å². The highest BCUT2D eigenvalue weighted by molar-refractivity contribution is 5.63.